The summed E-state index contributed by atoms with van der Waals surface area (Å²) < 4.78 is 17.2. The molecule has 0 spiro atoms. The van der Waals surface area contributed by atoms with Crippen LogP contribution in [0.5, 0.6) is 0 Å². The summed E-state index contributed by atoms with van der Waals surface area (Å²) in [6.45, 7) is 1.69. The van der Waals surface area contributed by atoms with Gasteiger partial charge in [-0.25, -0.2) is 9.18 Å². The van der Waals surface area contributed by atoms with Gasteiger partial charge in [-0.1, -0.05) is 0 Å². The second kappa shape index (κ2) is 6.33. The minimum Gasteiger partial charge on any atom is -0.461 e. The average molecular weight is 253 g/mol. The monoisotopic (exact) mass is 253 g/mol. The zero-order chi connectivity index (χ0) is 13.5. The van der Waals surface area contributed by atoms with E-state index in [1.54, 1.807) is 6.92 Å². The summed E-state index contributed by atoms with van der Waals surface area (Å²) in [4.78, 5) is 22.9. The number of hydrogen-bond acceptors (Lipinski definition) is 5. The molecule has 1 amide bonds. The fraction of sp³-hybridized carbons (Fsp3) is 0.182. The number of hydrazone groups is 1. The average Bonchev–Trinajstić information content (AvgIpc) is 2.33. The highest BCUT2D eigenvalue weighted by Gasteiger charge is 2.21. The third kappa shape index (κ3) is 3.55. The van der Waals surface area contributed by atoms with Crippen LogP contribution in [0.3, 0.4) is 0 Å². The molecule has 96 valence electrons. The number of halogens is 1. The first-order chi connectivity index (χ1) is 8.58. The molecule has 1 rings (SSSR count). The highest BCUT2D eigenvalue weighted by Crippen LogP contribution is 2.08. The van der Waals surface area contributed by atoms with Crippen LogP contribution in [0.15, 0.2) is 29.4 Å². The van der Waals surface area contributed by atoms with E-state index >= 15 is 0 Å². The Morgan fingerprint density at radius 2 is 2.00 bits per heavy atom. The van der Waals surface area contributed by atoms with Crippen LogP contribution in [-0.2, 0) is 14.3 Å². The summed E-state index contributed by atoms with van der Waals surface area (Å²) in [6.07, 6.45) is 0. The van der Waals surface area contributed by atoms with E-state index < -0.39 is 23.4 Å². The lowest BCUT2D eigenvalue weighted by Gasteiger charge is -2.06. The van der Waals surface area contributed by atoms with E-state index in [-0.39, 0.29) is 6.61 Å². The van der Waals surface area contributed by atoms with Crippen LogP contribution >= 0.6 is 0 Å². The SMILES string of the molecule is CCOC(=O)/C(=N/N)C(=O)Nc1ccc(F)cc1. The number of nitrogens with one attached hydrogen (secondary N) is 1. The van der Waals surface area contributed by atoms with Crippen LogP contribution in [0.25, 0.3) is 0 Å². The van der Waals surface area contributed by atoms with Gasteiger partial charge in [0, 0.05) is 5.69 Å². The Hall–Kier alpha value is -2.44. The molecule has 0 radical (unpaired) electrons. The zero-order valence-electron chi connectivity index (χ0n) is 9.64. The van der Waals surface area contributed by atoms with Crippen molar-refractivity contribution in [2.24, 2.45) is 10.9 Å². The van der Waals surface area contributed by atoms with Crippen LogP contribution in [0.2, 0.25) is 0 Å². The third-order valence-electron chi connectivity index (χ3n) is 1.92. The maximum Gasteiger partial charge on any atom is 0.364 e. The lowest BCUT2D eigenvalue weighted by atomic mass is 10.3. The van der Waals surface area contributed by atoms with Gasteiger partial charge >= 0.3 is 5.97 Å². The van der Waals surface area contributed by atoms with Crippen molar-refractivity contribution in [3.05, 3.63) is 30.1 Å². The molecule has 0 atom stereocenters. The van der Waals surface area contributed by atoms with Gasteiger partial charge in [-0.2, -0.15) is 5.10 Å². The third-order valence-corrected chi connectivity index (χ3v) is 1.92. The van der Waals surface area contributed by atoms with Gasteiger partial charge in [-0.05, 0) is 31.2 Å². The van der Waals surface area contributed by atoms with Gasteiger partial charge in [0.05, 0.1) is 6.61 Å². The van der Waals surface area contributed by atoms with Gasteiger partial charge in [-0.15, -0.1) is 0 Å². The Morgan fingerprint density at radius 1 is 1.39 bits per heavy atom. The number of anilines is 1. The van der Waals surface area contributed by atoms with E-state index in [0.29, 0.717) is 5.69 Å². The number of amides is 1. The second-order valence-corrected chi connectivity index (χ2v) is 3.16. The molecule has 0 saturated carbocycles. The van der Waals surface area contributed by atoms with Crippen molar-refractivity contribution in [1.82, 2.24) is 0 Å². The van der Waals surface area contributed by atoms with Gasteiger partial charge in [-0.3, -0.25) is 4.79 Å². The zero-order valence-corrected chi connectivity index (χ0v) is 9.64. The highest BCUT2D eigenvalue weighted by molar-refractivity contribution is 6.65. The number of carbonyl (C=O) groups excluding carboxylic acids is 2. The van der Waals surface area contributed by atoms with E-state index in [9.17, 15) is 14.0 Å². The quantitative estimate of drug-likeness (QED) is 0.271. The molecule has 0 heterocycles. The van der Waals surface area contributed by atoms with Crippen molar-refractivity contribution in [2.75, 3.05) is 11.9 Å². The van der Waals surface area contributed by atoms with Gasteiger partial charge < -0.3 is 15.9 Å². The first kappa shape index (κ1) is 13.6. The molecule has 0 bridgehead atoms. The van der Waals surface area contributed by atoms with Crippen molar-refractivity contribution in [1.29, 1.82) is 0 Å². The normalized spacial score (nSPS) is 10.9. The van der Waals surface area contributed by atoms with Crippen LogP contribution in [0.4, 0.5) is 10.1 Å². The molecule has 0 unspecified atom stereocenters. The Labute approximate surface area is 103 Å². The number of rotatable bonds is 4. The molecule has 0 saturated heterocycles. The molecule has 0 aliphatic rings. The standard InChI is InChI=1S/C11H12FN3O3/c1-2-18-11(17)9(15-13)10(16)14-8-5-3-7(12)4-6-8/h3-6H,2,13H2,1H3,(H,14,16)/b15-9+. The van der Waals surface area contributed by atoms with Crippen molar-refractivity contribution in [2.45, 2.75) is 6.92 Å². The smallest absolute Gasteiger partial charge is 0.364 e. The fourth-order valence-electron chi connectivity index (χ4n) is 1.13. The van der Waals surface area contributed by atoms with E-state index in [0.717, 1.165) is 0 Å². The number of benzene rings is 1. The molecular formula is C11H12FN3O3. The molecule has 0 aliphatic heterocycles. The van der Waals surface area contributed by atoms with E-state index in [1.807, 2.05) is 0 Å². The van der Waals surface area contributed by atoms with Crippen molar-refractivity contribution in [3.63, 3.8) is 0 Å². The van der Waals surface area contributed by atoms with Crippen molar-refractivity contribution >= 4 is 23.3 Å². The summed E-state index contributed by atoms with van der Waals surface area (Å²) in [6, 6.07) is 5.01. The van der Waals surface area contributed by atoms with Gasteiger partial charge in [0.25, 0.3) is 5.91 Å². The number of ether oxygens (including phenoxy) is 1. The van der Waals surface area contributed by atoms with E-state index in [4.69, 9.17) is 5.84 Å². The Morgan fingerprint density at radius 3 is 2.50 bits per heavy atom. The summed E-state index contributed by atoms with van der Waals surface area (Å²) in [5, 5.41) is 5.42. The number of nitrogens with zero attached hydrogens (tertiary/aromatic N) is 1. The Bertz CT molecular complexity index is 471. The van der Waals surface area contributed by atoms with Crippen LogP contribution in [-0.4, -0.2) is 24.2 Å². The topological polar surface area (TPSA) is 93.8 Å². The molecule has 7 heteroatoms. The first-order valence-electron chi connectivity index (χ1n) is 5.10. The van der Waals surface area contributed by atoms with Crippen LogP contribution < -0.4 is 11.2 Å². The maximum absolute atomic E-state index is 12.6. The Kier molecular flexibility index (Phi) is 4.79. The molecule has 6 nitrogen and oxygen atoms in total. The van der Waals surface area contributed by atoms with E-state index in [1.165, 1.54) is 24.3 Å². The van der Waals surface area contributed by atoms with Gasteiger partial charge in [0.1, 0.15) is 5.82 Å². The Balaban J connectivity index is 2.75. The number of nitrogens with two attached hydrogens (primary N) is 1. The van der Waals surface area contributed by atoms with Crippen LogP contribution in [0, 0.1) is 5.82 Å². The molecule has 3 N–H and O–H groups in total. The summed E-state index contributed by atoms with van der Waals surface area (Å²) in [7, 11) is 0. The highest BCUT2D eigenvalue weighted by atomic mass is 19.1. The minimum atomic E-state index is -0.917. The maximum atomic E-state index is 12.6. The van der Waals surface area contributed by atoms with Gasteiger partial charge in [0.15, 0.2) is 0 Å². The number of hydrogen-bond donors (Lipinski definition) is 2. The molecule has 0 aliphatic carbocycles. The van der Waals surface area contributed by atoms with Gasteiger partial charge in [0.2, 0.25) is 5.71 Å². The molecular weight excluding hydrogens is 241 g/mol. The van der Waals surface area contributed by atoms with E-state index in [2.05, 4.69) is 15.2 Å². The number of carbonyl (C=O) groups is 2. The molecule has 0 fully saturated rings. The minimum absolute atomic E-state index is 0.0989. The largest absolute Gasteiger partial charge is 0.461 e. The summed E-state index contributed by atoms with van der Waals surface area (Å²) in [5.74, 6) is 2.78. The fourth-order valence-corrected chi connectivity index (χ4v) is 1.13. The summed E-state index contributed by atoms with van der Waals surface area (Å²) >= 11 is 0. The predicted octanol–water partition coefficient (Wildman–Crippen LogP) is 0.642. The lowest BCUT2D eigenvalue weighted by Crippen LogP contribution is -2.32. The lowest BCUT2D eigenvalue weighted by molar-refractivity contribution is -0.135. The predicted molar refractivity (Wildman–Crippen MR) is 63.3 cm³/mol. The molecule has 1 aromatic carbocycles. The van der Waals surface area contributed by atoms with Crippen molar-refractivity contribution < 1.29 is 18.7 Å². The van der Waals surface area contributed by atoms with Crippen molar-refractivity contribution in [3.8, 4) is 0 Å². The molecule has 0 aromatic heterocycles. The number of esters is 1. The molecule has 18 heavy (non-hydrogen) atoms. The first-order valence-corrected chi connectivity index (χ1v) is 5.10. The summed E-state index contributed by atoms with van der Waals surface area (Å²) in [5.41, 5.74) is -0.243. The second-order valence-electron chi connectivity index (χ2n) is 3.16. The molecule has 1 aromatic rings. The van der Waals surface area contributed by atoms with Crippen LogP contribution in [0.1, 0.15) is 6.92 Å².